The van der Waals surface area contributed by atoms with Crippen molar-refractivity contribution >= 4 is 32.6 Å². The van der Waals surface area contributed by atoms with Gasteiger partial charge in [0.15, 0.2) is 0 Å². The Morgan fingerprint density at radius 2 is 2.07 bits per heavy atom. The summed E-state index contributed by atoms with van der Waals surface area (Å²) in [6.07, 6.45) is 0. The van der Waals surface area contributed by atoms with Crippen molar-refractivity contribution in [3.63, 3.8) is 0 Å². The number of halogens is 1. The summed E-state index contributed by atoms with van der Waals surface area (Å²) in [7, 11) is 8.61. The van der Waals surface area contributed by atoms with Gasteiger partial charge in [0.05, 0.1) is 23.2 Å². The zero-order valence-electron chi connectivity index (χ0n) is 8.45. The molecule has 2 nitrogen and oxygen atoms in total. The topological polar surface area (TPSA) is 22.1 Å². The molecule has 0 radical (unpaired) electrons. The highest BCUT2D eigenvalue weighted by molar-refractivity contribution is 8.21. The van der Waals surface area contributed by atoms with Crippen molar-refractivity contribution < 1.29 is 4.74 Å². The molecular formula is C11H10ClNOS. The predicted octanol–water partition coefficient (Wildman–Crippen LogP) is 3.80. The third-order valence-corrected chi connectivity index (χ3v) is 3.35. The molecular weight excluding hydrogens is 230 g/mol. The van der Waals surface area contributed by atoms with Gasteiger partial charge in [-0.1, -0.05) is 12.1 Å². The van der Waals surface area contributed by atoms with Crippen LogP contribution in [0.1, 0.15) is 5.69 Å². The highest BCUT2D eigenvalue weighted by Crippen LogP contribution is 2.38. The SMILES string of the molecule is COc1c(SCl)c(C)nc2ccccc12. The standard InChI is InChI=1S/C11H10ClNOS/c1-7-11(15-12)10(14-2)8-5-3-4-6-9(8)13-7/h3-6H,1-2H3. The van der Waals surface area contributed by atoms with E-state index in [0.717, 1.165) is 38.2 Å². The van der Waals surface area contributed by atoms with E-state index in [4.69, 9.17) is 15.4 Å². The van der Waals surface area contributed by atoms with Gasteiger partial charge in [0.25, 0.3) is 0 Å². The molecule has 0 fully saturated rings. The maximum absolute atomic E-state index is 5.81. The molecule has 0 aliphatic carbocycles. The van der Waals surface area contributed by atoms with E-state index < -0.39 is 0 Å². The summed E-state index contributed by atoms with van der Waals surface area (Å²) in [6.45, 7) is 1.93. The molecule has 78 valence electrons. The predicted molar refractivity (Wildman–Crippen MR) is 64.7 cm³/mol. The van der Waals surface area contributed by atoms with Crippen molar-refractivity contribution in [2.45, 2.75) is 11.8 Å². The van der Waals surface area contributed by atoms with Crippen LogP contribution in [0.15, 0.2) is 29.2 Å². The molecule has 4 heteroatoms. The number of methoxy groups -OCH3 is 1. The summed E-state index contributed by atoms with van der Waals surface area (Å²) in [5, 5.41) is 0.994. The van der Waals surface area contributed by atoms with Gasteiger partial charge in [-0.2, -0.15) is 0 Å². The van der Waals surface area contributed by atoms with E-state index >= 15 is 0 Å². The number of aryl methyl sites for hydroxylation is 1. The Hall–Kier alpha value is -0.930. The van der Waals surface area contributed by atoms with E-state index in [2.05, 4.69) is 4.98 Å². The summed E-state index contributed by atoms with van der Waals surface area (Å²) in [6, 6.07) is 7.87. The Morgan fingerprint density at radius 3 is 2.73 bits per heavy atom. The van der Waals surface area contributed by atoms with Crippen molar-refractivity contribution in [2.24, 2.45) is 0 Å². The summed E-state index contributed by atoms with van der Waals surface area (Å²) in [5.41, 5.74) is 1.83. The number of para-hydroxylation sites is 1. The number of rotatable bonds is 2. The molecule has 2 aromatic rings. The molecule has 1 aromatic carbocycles. The normalized spacial score (nSPS) is 10.6. The second-order valence-corrected chi connectivity index (χ2v) is 4.18. The first-order chi connectivity index (χ1) is 7.27. The van der Waals surface area contributed by atoms with Crippen LogP contribution >= 0.6 is 21.7 Å². The van der Waals surface area contributed by atoms with E-state index in [1.165, 1.54) is 0 Å². The quantitative estimate of drug-likeness (QED) is 0.796. The third kappa shape index (κ3) is 1.77. The van der Waals surface area contributed by atoms with Crippen LogP contribution in [-0.4, -0.2) is 12.1 Å². The minimum Gasteiger partial charge on any atom is -0.495 e. The molecule has 0 aliphatic heterocycles. The Bertz CT molecular complexity index is 501. The molecule has 15 heavy (non-hydrogen) atoms. The maximum Gasteiger partial charge on any atom is 0.144 e. The van der Waals surface area contributed by atoms with Crippen molar-refractivity contribution in [3.8, 4) is 5.75 Å². The van der Waals surface area contributed by atoms with Gasteiger partial charge in [0.2, 0.25) is 0 Å². The summed E-state index contributed by atoms with van der Waals surface area (Å²) < 4.78 is 5.39. The van der Waals surface area contributed by atoms with Crippen LogP contribution in [0.3, 0.4) is 0 Å². The molecule has 0 bridgehead atoms. The Morgan fingerprint density at radius 1 is 1.33 bits per heavy atom. The lowest BCUT2D eigenvalue weighted by molar-refractivity contribution is 0.409. The molecule has 0 unspecified atom stereocenters. The number of fused-ring (bicyclic) bond motifs is 1. The largest absolute Gasteiger partial charge is 0.495 e. The van der Waals surface area contributed by atoms with Crippen LogP contribution in [0.4, 0.5) is 0 Å². The Kier molecular flexibility index (Phi) is 3.03. The van der Waals surface area contributed by atoms with Crippen LogP contribution in [0, 0.1) is 6.92 Å². The molecule has 0 saturated heterocycles. The number of hydrogen-bond donors (Lipinski definition) is 0. The number of hydrogen-bond acceptors (Lipinski definition) is 3. The second-order valence-electron chi connectivity index (χ2n) is 3.15. The minimum atomic E-state index is 0.804. The van der Waals surface area contributed by atoms with E-state index in [1.54, 1.807) is 7.11 Å². The van der Waals surface area contributed by atoms with Gasteiger partial charge in [-0.3, -0.25) is 4.98 Å². The zero-order chi connectivity index (χ0) is 10.8. The van der Waals surface area contributed by atoms with Crippen molar-refractivity contribution in [1.29, 1.82) is 0 Å². The van der Waals surface area contributed by atoms with Gasteiger partial charge in [-0.15, -0.1) is 0 Å². The Balaban J connectivity index is 2.84. The van der Waals surface area contributed by atoms with Gasteiger partial charge in [-0.25, -0.2) is 0 Å². The van der Waals surface area contributed by atoms with Gasteiger partial charge in [-0.05, 0) is 40.7 Å². The Labute approximate surface area is 97.1 Å². The van der Waals surface area contributed by atoms with E-state index in [0.29, 0.717) is 0 Å². The third-order valence-electron chi connectivity index (χ3n) is 2.25. The lowest BCUT2D eigenvalue weighted by Gasteiger charge is -2.10. The van der Waals surface area contributed by atoms with E-state index in [1.807, 2.05) is 31.2 Å². The first kappa shape index (κ1) is 10.6. The fourth-order valence-corrected chi connectivity index (χ4v) is 2.54. The molecule has 2 rings (SSSR count). The summed E-state index contributed by atoms with van der Waals surface area (Å²) >= 11 is 0. The molecule has 1 heterocycles. The highest BCUT2D eigenvalue weighted by Gasteiger charge is 2.12. The number of nitrogens with zero attached hydrogens (tertiary/aromatic N) is 1. The monoisotopic (exact) mass is 239 g/mol. The van der Waals surface area contributed by atoms with Crippen LogP contribution < -0.4 is 4.74 Å². The molecule has 0 spiro atoms. The molecule has 0 amide bonds. The van der Waals surface area contributed by atoms with Crippen LogP contribution in [0.5, 0.6) is 5.75 Å². The zero-order valence-corrected chi connectivity index (χ0v) is 10.0. The minimum absolute atomic E-state index is 0.804. The van der Waals surface area contributed by atoms with E-state index in [9.17, 15) is 0 Å². The number of pyridine rings is 1. The average molecular weight is 240 g/mol. The smallest absolute Gasteiger partial charge is 0.144 e. The van der Waals surface area contributed by atoms with Crippen molar-refractivity contribution in [1.82, 2.24) is 4.98 Å². The molecule has 1 aromatic heterocycles. The molecule has 0 aliphatic rings. The van der Waals surface area contributed by atoms with Gasteiger partial charge >= 0.3 is 0 Å². The lowest BCUT2D eigenvalue weighted by Crippen LogP contribution is -1.93. The first-order valence-corrected chi connectivity index (χ1v) is 6.14. The van der Waals surface area contributed by atoms with Crippen LogP contribution in [0.25, 0.3) is 10.9 Å². The van der Waals surface area contributed by atoms with Crippen LogP contribution in [0.2, 0.25) is 0 Å². The molecule has 0 saturated carbocycles. The summed E-state index contributed by atoms with van der Waals surface area (Å²) in [4.78, 5) is 5.36. The number of aromatic nitrogens is 1. The average Bonchev–Trinajstić information content (AvgIpc) is 2.27. The fraction of sp³-hybridized carbons (Fsp3) is 0.182. The first-order valence-electron chi connectivity index (χ1n) is 4.50. The van der Waals surface area contributed by atoms with Gasteiger partial charge in [0, 0.05) is 5.39 Å². The fourth-order valence-electron chi connectivity index (χ4n) is 1.57. The molecule has 0 atom stereocenters. The van der Waals surface area contributed by atoms with Crippen LogP contribution in [-0.2, 0) is 0 Å². The number of ether oxygens (including phenoxy) is 1. The molecule has 0 N–H and O–H groups in total. The van der Waals surface area contributed by atoms with Gasteiger partial charge in [0.1, 0.15) is 5.75 Å². The van der Waals surface area contributed by atoms with Crippen molar-refractivity contribution in [3.05, 3.63) is 30.0 Å². The summed E-state index contributed by atoms with van der Waals surface area (Å²) in [5.74, 6) is 0.804. The lowest BCUT2D eigenvalue weighted by atomic mass is 10.2. The number of benzene rings is 1. The van der Waals surface area contributed by atoms with Crippen molar-refractivity contribution in [2.75, 3.05) is 7.11 Å². The maximum atomic E-state index is 5.81. The van der Waals surface area contributed by atoms with Gasteiger partial charge < -0.3 is 4.74 Å². The second kappa shape index (κ2) is 4.29. The highest BCUT2D eigenvalue weighted by atomic mass is 35.7. The van der Waals surface area contributed by atoms with E-state index in [-0.39, 0.29) is 0 Å².